The molecule has 0 atom stereocenters. The van der Waals surface area contributed by atoms with Gasteiger partial charge in [-0.15, -0.1) is 11.3 Å². The second kappa shape index (κ2) is 6.79. The van der Waals surface area contributed by atoms with Crippen molar-refractivity contribution in [3.8, 4) is 0 Å². The highest BCUT2D eigenvalue weighted by Gasteiger charge is 2.07. The van der Waals surface area contributed by atoms with Crippen LogP contribution in [0.2, 0.25) is 0 Å². The van der Waals surface area contributed by atoms with Crippen molar-refractivity contribution in [2.75, 3.05) is 5.73 Å². The van der Waals surface area contributed by atoms with E-state index in [9.17, 15) is 0 Å². The molecule has 1 heterocycles. The standard InChI is InChI=1S/C15H12N2S4/c1-10(18-13-8-4-2-6-11(13)16)20-21-15-17-12-7-3-5-9-14(12)19-15/h2-9H,1,16H2. The Balaban J connectivity index is 1.62. The van der Waals surface area contributed by atoms with Crippen LogP contribution in [0.5, 0.6) is 0 Å². The Labute approximate surface area is 139 Å². The fraction of sp³-hybridized carbons (Fsp3) is 0. The predicted octanol–water partition coefficient (Wildman–Crippen LogP) is 5.88. The van der Waals surface area contributed by atoms with E-state index >= 15 is 0 Å². The first-order chi connectivity index (χ1) is 10.2. The Kier molecular flexibility index (Phi) is 4.80. The summed E-state index contributed by atoms with van der Waals surface area (Å²) in [5, 5.41) is 0. The third-order valence-electron chi connectivity index (χ3n) is 2.62. The molecule has 0 aliphatic rings. The third-order valence-corrected chi connectivity index (χ3v) is 7.74. The summed E-state index contributed by atoms with van der Waals surface area (Å²) in [6.07, 6.45) is 0. The van der Waals surface area contributed by atoms with E-state index < -0.39 is 0 Å². The Morgan fingerprint density at radius 2 is 1.86 bits per heavy atom. The number of fused-ring (bicyclic) bond motifs is 1. The van der Waals surface area contributed by atoms with Crippen LogP contribution in [0.4, 0.5) is 5.69 Å². The van der Waals surface area contributed by atoms with Crippen LogP contribution in [0.25, 0.3) is 10.2 Å². The molecule has 1 aromatic heterocycles. The average Bonchev–Trinajstić information content (AvgIpc) is 2.90. The first-order valence-electron chi connectivity index (χ1n) is 6.14. The number of aromatic nitrogens is 1. The molecule has 0 aliphatic carbocycles. The van der Waals surface area contributed by atoms with Crippen LogP contribution in [0.15, 0.2) is 68.6 Å². The second-order valence-corrected chi connectivity index (χ2v) is 9.02. The lowest BCUT2D eigenvalue weighted by atomic mass is 10.3. The Morgan fingerprint density at radius 1 is 1.10 bits per heavy atom. The van der Waals surface area contributed by atoms with E-state index in [2.05, 4.69) is 17.6 Å². The van der Waals surface area contributed by atoms with Crippen molar-refractivity contribution in [2.45, 2.75) is 9.24 Å². The SMILES string of the molecule is C=C(SSc1nc2ccccc2s1)Sc1ccccc1N. The minimum atomic E-state index is 0.786. The molecule has 0 unspecified atom stereocenters. The molecule has 0 spiro atoms. The first kappa shape index (κ1) is 14.8. The number of nitrogens with two attached hydrogens (primary N) is 1. The molecule has 6 heteroatoms. The molecule has 0 amide bonds. The van der Waals surface area contributed by atoms with Crippen molar-refractivity contribution in [1.29, 1.82) is 0 Å². The van der Waals surface area contributed by atoms with Crippen LogP contribution in [-0.4, -0.2) is 4.98 Å². The van der Waals surface area contributed by atoms with Crippen molar-refractivity contribution in [3.05, 3.63) is 59.3 Å². The van der Waals surface area contributed by atoms with E-state index in [1.807, 2.05) is 42.5 Å². The average molecular weight is 349 g/mol. The summed E-state index contributed by atoms with van der Waals surface area (Å²) in [5.74, 6) is 0. The number of nitrogen functional groups attached to an aromatic ring is 1. The highest BCUT2D eigenvalue weighted by atomic mass is 33.1. The minimum Gasteiger partial charge on any atom is -0.398 e. The Hall–Kier alpha value is -1.08. The van der Waals surface area contributed by atoms with Crippen molar-refractivity contribution in [2.24, 2.45) is 0 Å². The molecule has 0 fully saturated rings. The number of anilines is 1. The third kappa shape index (κ3) is 3.77. The molecule has 0 saturated heterocycles. The van der Waals surface area contributed by atoms with E-state index in [0.29, 0.717) is 0 Å². The number of thiazole rings is 1. The van der Waals surface area contributed by atoms with Gasteiger partial charge in [0.1, 0.15) is 0 Å². The molecule has 106 valence electrons. The largest absolute Gasteiger partial charge is 0.398 e. The number of thioether (sulfide) groups is 1. The molecular weight excluding hydrogens is 336 g/mol. The van der Waals surface area contributed by atoms with Crippen molar-refractivity contribution >= 4 is 60.6 Å². The number of rotatable bonds is 5. The first-order valence-corrected chi connectivity index (χ1v) is 9.92. The van der Waals surface area contributed by atoms with Gasteiger partial charge in [0.2, 0.25) is 0 Å². The van der Waals surface area contributed by atoms with Crippen molar-refractivity contribution in [3.63, 3.8) is 0 Å². The summed E-state index contributed by atoms with van der Waals surface area (Å²) in [4.78, 5) is 5.64. The Bertz CT molecular complexity index is 749. The zero-order chi connectivity index (χ0) is 14.7. The molecule has 3 rings (SSSR count). The van der Waals surface area contributed by atoms with E-state index in [1.165, 1.54) is 4.70 Å². The molecule has 2 N–H and O–H groups in total. The topological polar surface area (TPSA) is 38.9 Å². The zero-order valence-corrected chi connectivity index (χ0v) is 14.2. The van der Waals surface area contributed by atoms with Crippen LogP contribution in [0, 0.1) is 0 Å². The van der Waals surface area contributed by atoms with E-state index in [-0.39, 0.29) is 0 Å². The van der Waals surface area contributed by atoms with Gasteiger partial charge in [-0.05, 0) is 45.9 Å². The van der Waals surface area contributed by atoms with Crippen LogP contribution in [0.3, 0.4) is 0 Å². The van der Waals surface area contributed by atoms with Gasteiger partial charge < -0.3 is 5.73 Å². The van der Waals surface area contributed by atoms with Gasteiger partial charge in [-0.1, -0.05) is 42.6 Å². The maximum Gasteiger partial charge on any atom is 0.162 e. The normalized spacial score (nSPS) is 10.9. The number of benzene rings is 2. The number of hydrogen-bond donors (Lipinski definition) is 1. The number of nitrogens with zero attached hydrogens (tertiary/aromatic N) is 1. The number of hydrogen-bond acceptors (Lipinski definition) is 6. The minimum absolute atomic E-state index is 0.786. The monoisotopic (exact) mass is 348 g/mol. The van der Waals surface area contributed by atoms with Gasteiger partial charge in [0, 0.05) is 14.8 Å². The molecule has 0 saturated carbocycles. The van der Waals surface area contributed by atoms with Gasteiger partial charge >= 0.3 is 0 Å². The van der Waals surface area contributed by atoms with Crippen LogP contribution < -0.4 is 5.73 Å². The van der Waals surface area contributed by atoms with Gasteiger partial charge in [0.05, 0.1) is 10.2 Å². The van der Waals surface area contributed by atoms with Crippen molar-refractivity contribution < 1.29 is 0 Å². The molecular formula is C15H12N2S4. The second-order valence-electron chi connectivity index (χ2n) is 4.13. The predicted molar refractivity (Wildman–Crippen MR) is 98.9 cm³/mol. The Morgan fingerprint density at radius 3 is 2.67 bits per heavy atom. The summed E-state index contributed by atoms with van der Waals surface area (Å²) in [7, 11) is 3.27. The van der Waals surface area contributed by atoms with E-state index in [4.69, 9.17) is 5.73 Å². The van der Waals surface area contributed by atoms with Crippen LogP contribution in [0.1, 0.15) is 0 Å². The molecule has 0 radical (unpaired) electrons. The highest BCUT2D eigenvalue weighted by Crippen LogP contribution is 2.46. The summed E-state index contributed by atoms with van der Waals surface area (Å²) >= 11 is 3.30. The summed E-state index contributed by atoms with van der Waals surface area (Å²) < 4.78 is 3.26. The van der Waals surface area contributed by atoms with E-state index in [1.54, 1.807) is 44.7 Å². The van der Waals surface area contributed by atoms with Gasteiger partial charge in [-0.25, -0.2) is 4.98 Å². The van der Waals surface area contributed by atoms with Gasteiger partial charge in [-0.3, -0.25) is 0 Å². The molecule has 0 bridgehead atoms. The van der Waals surface area contributed by atoms with Crippen LogP contribution in [-0.2, 0) is 0 Å². The maximum absolute atomic E-state index is 5.94. The molecule has 2 nitrogen and oxygen atoms in total. The maximum atomic E-state index is 5.94. The molecule has 3 aromatic rings. The molecule has 21 heavy (non-hydrogen) atoms. The summed E-state index contributed by atoms with van der Waals surface area (Å²) in [6.45, 7) is 4.09. The molecule has 0 aliphatic heterocycles. The fourth-order valence-electron chi connectivity index (χ4n) is 1.68. The lowest BCUT2D eigenvalue weighted by molar-refractivity contribution is 1.31. The van der Waals surface area contributed by atoms with Gasteiger partial charge in [-0.2, -0.15) is 0 Å². The lowest BCUT2D eigenvalue weighted by Gasteiger charge is -2.05. The smallest absolute Gasteiger partial charge is 0.162 e. The molecule has 2 aromatic carbocycles. The lowest BCUT2D eigenvalue weighted by Crippen LogP contribution is -1.86. The number of para-hydroxylation sites is 2. The highest BCUT2D eigenvalue weighted by molar-refractivity contribution is 8.80. The van der Waals surface area contributed by atoms with Gasteiger partial charge in [0.15, 0.2) is 4.34 Å². The quantitative estimate of drug-likeness (QED) is 0.354. The van der Waals surface area contributed by atoms with Crippen LogP contribution >= 0.6 is 44.7 Å². The van der Waals surface area contributed by atoms with Crippen molar-refractivity contribution in [1.82, 2.24) is 4.98 Å². The zero-order valence-electron chi connectivity index (χ0n) is 11.0. The van der Waals surface area contributed by atoms with E-state index in [0.717, 1.165) is 24.7 Å². The summed E-state index contributed by atoms with van der Waals surface area (Å²) in [5.41, 5.74) is 7.78. The van der Waals surface area contributed by atoms with Gasteiger partial charge in [0.25, 0.3) is 0 Å². The summed E-state index contributed by atoms with van der Waals surface area (Å²) in [6, 6.07) is 16.0. The fourth-order valence-corrected chi connectivity index (χ4v) is 5.90.